The van der Waals surface area contributed by atoms with Crippen LogP contribution in [-0.4, -0.2) is 21.9 Å². The van der Waals surface area contributed by atoms with Gasteiger partial charge >= 0.3 is 0 Å². The number of carbonyl (C=O) groups is 1. The first-order valence-corrected chi connectivity index (χ1v) is 7.72. The van der Waals surface area contributed by atoms with Crippen LogP contribution < -0.4 is 5.43 Å². The monoisotopic (exact) mass is 354 g/mol. The molecule has 5 nitrogen and oxygen atoms in total. The second-order valence-corrected chi connectivity index (χ2v) is 6.14. The van der Waals surface area contributed by atoms with Crippen LogP contribution in [0.3, 0.4) is 0 Å². The summed E-state index contributed by atoms with van der Waals surface area (Å²) in [6.07, 6.45) is 1.66. The van der Waals surface area contributed by atoms with Gasteiger partial charge in [-0.25, -0.2) is 5.43 Å². The quantitative estimate of drug-likeness (QED) is 0.677. The van der Waals surface area contributed by atoms with Crippen molar-refractivity contribution >= 4 is 39.4 Å². The molecule has 0 radical (unpaired) electrons. The summed E-state index contributed by atoms with van der Waals surface area (Å²) in [6.45, 7) is 5.96. The standard InChI is InChI=1S/C13H15BrN4OS/c1-8-4-5-20-11(8)6-15-16-12(19)7-18-10(3)13(14)9(2)17-18/h4-6H,7H2,1-3H3,(H,16,19)/b15-6+. The molecule has 0 spiro atoms. The smallest absolute Gasteiger partial charge is 0.261 e. The van der Waals surface area contributed by atoms with E-state index in [0.717, 1.165) is 26.3 Å². The maximum Gasteiger partial charge on any atom is 0.261 e. The molecule has 0 aromatic carbocycles. The third-order valence-corrected chi connectivity index (χ3v) is 4.96. The topological polar surface area (TPSA) is 59.3 Å². The van der Waals surface area contributed by atoms with E-state index in [1.165, 1.54) is 0 Å². The summed E-state index contributed by atoms with van der Waals surface area (Å²) in [6, 6.07) is 2.02. The second-order valence-electron chi connectivity index (χ2n) is 4.40. The van der Waals surface area contributed by atoms with Crippen molar-refractivity contribution in [1.82, 2.24) is 15.2 Å². The van der Waals surface area contributed by atoms with E-state index >= 15 is 0 Å². The lowest BCUT2D eigenvalue weighted by Gasteiger charge is -2.02. The zero-order chi connectivity index (χ0) is 14.7. The minimum absolute atomic E-state index is 0.152. The van der Waals surface area contributed by atoms with Crippen LogP contribution in [0.5, 0.6) is 0 Å². The van der Waals surface area contributed by atoms with Gasteiger partial charge in [0, 0.05) is 4.88 Å². The minimum atomic E-state index is -0.200. The molecule has 0 aliphatic carbocycles. The third kappa shape index (κ3) is 3.34. The lowest BCUT2D eigenvalue weighted by molar-refractivity contribution is -0.121. The Morgan fingerprint density at radius 3 is 2.85 bits per heavy atom. The molecule has 0 bridgehead atoms. The summed E-state index contributed by atoms with van der Waals surface area (Å²) >= 11 is 5.02. The van der Waals surface area contributed by atoms with E-state index in [1.54, 1.807) is 22.2 Å². The normalized spacial score (nSPS) is 11.2. The molecular formula is C13H15BrN4OS. The largest absolute Gasteiger partial charge is 0.271 e. The second kappa shape index (κ2) is 6.32. The van der Waals surface area contributed by atoms with Crippen molar-refractivity contribution in [3.05, 3.63) is 37.7 Å². The van der Waals surface area contributed by atoms with E-state index in [4.69, 9.17) is 0 Å². The number of aryl methyl sites for hydroxylation is 2. The number of nitrogens with one attached hydrogen (secondary N) is 1. The van der Waals surface area contributed by atoms with Crippen LogP contribution in [0, 0.1) is 20.8 Å². The first kappa shape index (κ1) is 14.9. The van der Waals surface area contributed by atoms with Crippen molar-refractivity contribution in [2.45, 2.75) is 27.3 Å². The van der Waals surface area contributed by atoms with Crippen LogP contribution >= 0.6 is 27.3 Å². The Morgan fingerprint density at radius 1 is 1.55 bits per heavy atom. The zero-order valence-electron chi connectivity index (χ0n) is 11.5. The van der Waals surface area contributed by atoms with Gasteiger partial charge in [0.15, 0.2) is 0 Å². The predicted molar refractivity (Wildman–Crippen MR) is 84.2 cm³/mol. The summed E-state index contributed by atoms with van der Waals surface area (Å²) in [7, 11) is 0. The lowest BCUT2D eigenvalue weighted by atomic mass is 10.3. The Hall–Kier alpha value is -1.47. The highest BCUT2D eigenvalue weighted by Gasteiger charge is 2.11. The summed E-state index contributed by atoms with van der Waals surface area (Å²) in [4.78, 5) is 12.8. The molecule has 106 valence electrons. The number of thiophene rings is 1. The van der Waals surface area contributed by atoms with Gasteiger partial charge in [0.25, 0.3) is 5.91 Å². The maximum atomic E-state index is 11.8. The van der Waals surface area contributed by atoms with Crippen molar-refractivity contribution in [1.29, 1.82) is 0 Å². The van der Waals surface area contributed by atoms with Gasteiger partial charge in [-0.05, 0) is 53.7 Å². The molecular weight excluding hydrogens is 340 g/mol. The van der Waals surface area contributed by atoms with Crippen LogP contribution in [0.1, 0.15) is 21.8 Å². The fraction of sp³-hybridized carbons (Fsp3) is 0.308. The van der Waals surface area contributed by atoms with Gasteiger partial charge < -0.3 is 0 Å². The highest BCUT2D eigenvalue weighted by Crippen LogP contribution is 2.19. The molecule has 0 unspecified atom stereocenters. The van der Waals surface area contributed by atoms with Crippen molar-refractivity contribution in [3.63, 3.8) is 0 Å². The number of amides is 1. The van der Waals surface area contributed by atoms with Crippen molar-refractivity contribution in [3.8, 4) is 0 Å². The molecule has 0 saturated heterocycles. The van der Waals surface area contributed by atoms with Gasteiger partial charge in [0.2, 0.25) is 0 Å². The van der Waals surface area contributed by atoms with Gasteiger partial charge in [0.1, 0.15) is 6.54 Å². The predicted octanol–water partition coefficient (Wildman–Crippen LogP) is 2.78. The molecule has 2 aromatic rings. The first-order chi connectivity index (χ1) is 9.49. The average Bonchev–Trinajstić information content (AvgIpc) is 2.90. The summed E-state index contributed by atoms with van der Waals surface area (Å²) < 4.78 is 2.59. The molecule has 1 amide bonds. The minimum Gasteiger partial charge on any atom is -0.271 e. The zero-order valence-corrected chi connectivity index (χ0v) is 13.9. The molecule has 7 heteroatoms. The molecule has 0 aliphatic rings. The summed E-state index contributed by atoms with van der Waals surface area (Å²) in [5.41, 5.74) is 5.46. The Balaban J connectivity index is 1.94. The van der Waals surface area contributed by atoms with Crippen LogP contribution in [0.15, 0.2) is 21.0 Å². The Bertz CT molecular complexity index is 659. The van der Waals surface area contributed by atoms with E-state index in [2.05, 4.69) is 31.6 Å². The Kier molecular flexibility index (Phi) is 4.72. The molecule has 2 heterocycles. The number of aromatic nitrogens is 2. The van der Waals surface area contributed by atoms with Crippen molar-refractivity contribution in [2.24, 2.45) is 5.10 Å². The number of carbonyl (C=O) groups excluding carboxylic acids is 1. The van der Waals surface area contributed by atoms with E-state index < -0.39 is 0 Å². The first-order valence-electron chi connectivity index (χ1n) is 6.04. The number of hydrogen-bond acceptors (Lipinski definition) is 4. The SMILES string of the molecule is Cc1ccsc1/C=N/NC(=O)Cn1nc(C)c(Br)c1C. The lowest BCUT2D eigenvalue weighted by Crippen LogP contribution is -2.24. The van der Waals surface area contributed by atoms with Gasteiger partial charge in [-0.1, -0.05) is 0 Å². The molecule has 0 aliphatic heterocycles. The molecule has 0 saturated carbocycles. The van der Waals surface area contributed by atoms with E-state index in [9.17, 15) is 4.79 Å². The summed E-state index contributed by atoms with van der Waals surface area (Å²) in [5, 5.41) is 10.2. The van der Waals surface area contributed by atoms with Gasteiger partial charge in [-0.3, -0.25) is 9.48 Å². The molecule has 2 aromatic heterocycles. The van der Waals surface area contributed by atoms with Gasteiger partial charge in [0.05, 0.1) is 22.1 Å². The van der Waals surface area contributed by atoms with Crippen molar-refractivity contribution < 1.29 is 4.79 Å². The average molecular weight is 355 g/mol. The fourth-order valence-corrected chi connectivity index (χ4v) is 2.75. The van der Waals surface area contributed by atoms with E-state index in [0.29, 0.717) is 0 Å². The van der Waals surface area contributed by atoms with Crippen LogP contribution in [0.2, 0.25) is 0 Å². The highest BCUT2D eigenvalue weighted by molar-refractivity contribution is 9.10. The van der Waals surface area contributed by atoms with Gasteiger partial charge in [-0.15, -0.1) is 11.3 Å². The molecule has 2 rings (SSSR count). The maximum absolute atomic E-state index is 11.8. The fourth-order valence-electron chi connectivity index (χ4n) is 1.68. The number of hydrogen-bond donors (Lipinski definition) is 1. The number of hydrazone groups is 1. The van der Waals surface area contributed by atoms with E-state index in [1.807, 2.05) is 32.2 Å². The molecule has 0 atom stereocenters. The van der Waals surface area contributed by atoms with Crippen LogP contribution in [-0.2, 0) is 11.3 Å². The number of rotatable bonds is 4. The van der Waals surface area contributed by atoms with Crippen molar-refractivity contribution in [2.75, 3.05) is 0 Å². The number of halogens is 1. The molecule has 1 N–H and O–H groups in total. The molecule has 20 heavy (non-hydrogen) atoms. The van der Waals surface area contributed by atoms with E-state index in [-0.39, 0.29) is 12.5 Å². The van der Waals surface area contributed by atoms with Crippen LogP contribution in [0.25, 0.3) is 0 Å². The van der Waals surface area contributed by atoms with Gasteiger partial charge in [-0.2, -0.15) is 10.2 Å². The van der Waals surface area contributed by atoms with Crippen LogP contribution in [0.4, 0.5) is 0 Å². The Morgan fingerprint density at radius 2 is 2.30 bits per heavy atom. The Labute approximate surface area is 129 Å². The summed E-state index contributed by atoms with van der Waals surface area (Å²) in [5.74, 6) is -0.200. The number of nitrogens with zero attached hydrogens (tertiary/aromatic N) is 3. The molecule has 0 fully saturated rings. The third-order valence-electron chi connectivity index (χ3n) is 2.86. The highest BCUT2D eigenvalue weighted by atomic mass is 79.9.